The van der Waals surface area contributed by atoms with Crippen molar-refractivity contribution in [1.29, 1.82) is 0 Å². The Labute approximate surface area is 187 Å². The maximum Gasteiger partial charge on any atom is 0.404 e. The number of halogens is 3. The Kier molecular flexibility index (Phi) is 22.4. The molecule has 5 heteroatoms. The van der Waals surface area contributed by atoms with Crippen LogP contribution in [0.5, 0.6) is 0 Å². The molecule has 0 N–H and O–H groups in total. The first-order valence-corrected chi connectivity index (χ1v) is 10.1. The van der Waals surface area contributed by atoms with Gasteiger partial charge >= 0.3 is 12.1 Å². The molecule has 1 aliphatic carbocycles. The predicted molar refractivity (Wildman–Crippen MR) is 128 cm³/mol. The molecule has 30 heavy (non-hydrogen) atoms. The highest BCUT2D eigenvalue weighted by Gasteiger charge is 2.57. The first-order chi connectivity index (χ1) is 11.8. The second kappa shape index (κ2) is 16.9. The van der Waals surface area contributed by atoms with Crippen molar-refractivity contribution in [2.24, 2.45) is 17.3 Å². The molecule has 188 valence electrons. The zero-order chi connectivity index (χ0) is 20.6. The van der Waals surface area contributed by atoms with Crippen molar-refractivity contribution in [2.45, 2.75) is 141 Å². The smallest absolute Gasteiger partial charge is 0.404 e. The summed E-state index contributed by atoms with van der Waals surface area (Å²) < 4.78 is 42.6. The van der Waals surface area contributed by atoms with Crippen molar-refractivity contribution >= 4 is 5.97 Å². The van der Waals surface area contributed by atoms with Gasteiger partial charge in [-0.3, -0.25) is 4.79 Å². The highest BCUT2D eigenvalue weighted by Crippen LogP contribution is 2.42. The average molecular weight is 445 g/mol. The molecule has 1 fully saturated rings. The molecule has 0 bridgehead atoms. The van der Waals surface area contributed by atoms with E-state index in [9.17, 15) is 18.0 Å². The molecular weight excluding hydrogens is 389 g/mol. The first-order valence-electron chi connectivity index (χ1n) is 10.1. The Balaban J connectivity index is -0.000000126. The fourth-order valence-corrected chi connectivity index (χ4v) is 3.01. The molecule has 1 saturated carbocycles. The van der Waals surface area contributed by atoms with Gasteiger partial charge in [-0.15, -0.1) is 0 Å². The van der Waals surface area contributed by atoms with E-state index in [-0.39, 0.29) is 36.1 Å². The summed E-state index contributed by atoms with van der Waals surface area (Å²) in [6, 6.07) is 0. The summed E-state index contributed by atoms with van der Waals surface area (Å²) in [5.74, 6) is 0.835. The summed E-state index contributed by atoms with van der Waals surface area (Å²) in [5, 5.41) is 0. The third-order valence-corrected chi connectivity index (χ3v) is 5.34. The second-order valence-electron chi connectivity index (χ2n) is 8.94. The normalized spacial score (nSPS) is 17.1. The van der Waals surface area contributed by atoms with Crippen LogP contribution in [-0.2, 0) is 9.53 Å². The number of ether oxygens (including phenoxy) is 1. The van der Waals surface area contributed by atoms with Gasteiger partial charge in [-0.2, -0.15) is 13.2 Å². The van der Waals surface area contributed by atoms with Crippen molar-refractivity contribution in [2.75, 3.05) is 0 Å². The molecular formula is C25H55F3O2. The molecule has 0 heterocycles. The van der Waals surface area contributed by atoms with Crippen LogP contribution >= 0.6 is 0 Å². The van der Waals surface area contributed by atoms with Gasteiger partial charge in [0.05, 0.1) is 0 Å². The van der Waals surface area contributed by atoms with Crippen LogP contribution in [0.3, 0.4) is 0 Å². The van der Waals surface area contributed by atoms with Crippen molar-refractivity contribution in [1.82, 2.24) is 0 Å². The van der Waals surface area contributed by atoms with Gasteiger partial charge in [0.2, 0.25) is 0 Å². The lowest BCUT2D eigenvalue weighted by atomic mass is 9.83. The Hall–Kier alpha value is -0.740. The summed E-state index contributed by atoms with van der Waals surface area (Å²) in [5.41, 5.74) is -3.32. The zero-order valence-corrected chi connectivity index (χ0v) is 17.8. The van der Waals surface area contributed by atoms with Gasteiger partial charge in [0.25, 0.3) is 0 Å². The van der Waals surface area contributed by atoms with Crippen LogP contribution in [0, 0.1) is 17.3 Å². The summed E-state index contributed by atoms with van der Waals surface area (Å²) in [6.45, 7) is 11.5. The molecule has 0 radical (unpaired) electrons. The van der Waals surface area contributed by atoms with Crippen LogP contribution in [0.2, 0.25) is 0 Å². The van der Waals surface area contributed by atoms with E-state index < -0.39 is 23.2 Å². The van der Waals surface area contributed by atoms with Crippen LogP contribution in [0.1, 0.15) is 130 Å². The highest BCUT2D eigenvalue weighted by molar-refractivity contribution is 5.77. The average Bonchev–Trinajstić information content (AvgIpc) is 2.52. The van der Waals surface area contributed by atoms with E-state index in [1.54, 1.807) is 0 Å². The Bertz CT molecular complexity index is 408. The van der Waals surface area contributed by atoms with E-state index in [2.05, 4.69) is 13.8 Å². The van der Waals surface area contributed by atoms with Crippen molar-refractivity contribution in [3.05, 3.63) is 0 Å². The standard InChI is InChI=1S/C11H22.C10H17F3O2.4CH4/c1-3-10(2)9-11-7-5-4-6-8-11;1-6-9(5,10(11,12)13)7(14)15-8(2,3)4;;;;/h10-11H,3-9H2,1-2H3;6H2,1-5H3;4*1H4. The molecule has 1 rings (SSSR count). The summed E-state index contributed by atoms with van der Waals surface area (Å²) in [4.78, 5) is 11.4. The first kappa shape index (κ1) is 39.7. The van der Waals surface area contributed by atoms with Crippen LogP contribution < -0.4 is 0 Å². The van der Waals surface area contributed by atoms with Crippen molar-refractivity contribution in [3.8, 4) is 0 Å². The van der Waals surface area contributed by atoms with Gasteiger partial charge in [-0.25, -0.2) is 0 Å². The maximum atomic E-state index is 12.6. The van der Waals surface area contributed by atoms with Crippen molar-refractivity contribution in [3.63, 3.8) is 0 Å². The third-order valence-electron chi connectivity index (χ3n) is 5.34. The number of hydrogen-bond donors (Lipinski definition) is 0. The lowest BCUT2D eigenvalue weighted by Crippen LogP contribution is -2.45. The Morgan fingerprint density at radius 2 is 1.37 bits per heavy atom. The third kappa shape index (κ3) is 14.3. The van der Waals surface area contributed by atoms with Crippen LogP contribution in [0.15, 0.2) is 0 Å². The topological polar surface area (TPSA) is 26.3 Å². The molecule has 0 spiro atoms. The van der Waals surface area contributed by atoms with E-state index in [0.29, 0.717) is 0 Å². The monoisotopic (exact) mass is 444 g/mol. The minimum atomic E-state index is -4.58. The predicted octanol–water partition coefficient (Wildman–Crippen LogP) is 9.85. The quantitative estimate of drug-likeness (QED) is 0.394. The maximum absolute atomic E-state index is 12.6. The molecule has 2 unspecified atom stereocenters. The SMILES string of the molecule is C.C.C.C.CCC(C)(C(=O)OC(C)(C)C)C(F)(F)F.CCC(C)CC1CCCCC1. The highest BCUT2D eigenvalue weighted by atomic mass is 19.4. The van der Waals surface area contributed by atoms with E-state index in [4.69, 9.17) is 4.74 Å². The number of alkyl halides is 3. The van der Waals surface area contributed by atoms with E-state index in [1.165, 1.54) is 72.6 Å². The second-order valence-corrected chi connectivity index (χ2v) is 8.94. The molecule has 0 aliphatic heterocycles. The Morgan fingerprint density at radius 3 is 1.67 bits per heavy atom. The van der Waals surface area contributed by atoms with E-state index in [0.717, 1.165) is 18.8 Å². The molecule has 2 atom stereocenters. The van der Waals surface area contributed by atoms with Gasteiger partial charge in [-0.05, 0) is 52.4 Å². The van der Waals surface area contributed by atoms with Gasteiger partial charge in [0.15, 0.2) is 5.41 Å². The number of carbonyl (C=O) groups excluding carboxylic acids is 1. The molecule has 0 aromatic rings. The fraction of sp³-hybridized carbons (Fsp3) is 0.960. The number of hydrogen-bond acceptors (Lipinski definition) is 2. The number of esters is 1. The summed E-state index contributed by atoms with van der Waals surface area (Å²) in [7, 11) is 0. The summed E-state index contributed by atoms with van der Waals surface area (Å²) >= 11 is 0. The van der Waals surface area contributed by atoms with Gasteiger partial charge in [0, 0.05) is 0 Å². The largest absolute Gasteiger partial charge is 0.459 e. The minimum absolute atomic E-state index is 0. The van der Waals surface area contributed by atoms with Crippen LogP contribution in [0.4, 0.5) is 13.2 Å². The zero-order valence-electron chi connectivity index (χ0n) is 17.8. The van der Waals surface area contributed by atoms with E-state index >= 15 is 0 Å². The molecule has 0 amide bonds. The van der Waals surface area contributed by atoms with E-state index in [1.807, 2.05) is 0 Å². The van der Waals surface area contributed by atoms with Crippen LogP contribution in [0.25, 0.3) is 0 Å². The lowest BCUT2D eigenvalue weighted by molar-refractivity contribution is -0.236. The summed E-state index contributed by atoms with van der Waals surface area (Å²) in [6.07, 6.45) is 5.50. The van der Waals surface area contributed by atoms with Gasteiger partial charge in [-0.1, -0.05) is 89.0 Å². The molecule has 2 nitrogen and oxygen atoms in total. The number of rotatable bonds is 5. The van der Waals surface area contributed by atoms with Gasteiger partial charge < -0.3 is 4.74 Å². The minimum Gasteiger partial charge on any atom is -0.459 e. The number of carbonyl (C=O) groups is 1. The lowest BCUT2D eigenvalue weighted by Gasteiger charge is -2.32. The molecule has 0 aromatic carbocycles. The molecule has 0 aromatic heterocycles. The van der Waals surface area contributed by atoms with Crippen molar-refractivity contribution < 1.29 is 22.7 Å². The Morgan fingerprint density at radius 1 is 0.933 bits per heavy atom. The molecule has 0 saturated heterocycles. The van der Waals surface area contributed by atoms with Crippen LogP contribution in [-0.4, -0.2) is 17.7 Å². The van der Waals surface area contributed by atoms with Gasteiger partial charge in [0.1, 0.15) is 5.60 Å². The molecule has 1 aliphatic rings. The fourth-order valence-electron chi connectivity index (χ4n) is 3.01.